The van der Waals surface area contributed by atoms with Gasteiger partial charge in [-0.05, 0) is 55.0 Å². The molecule has 1 atom stereocenters. The van der Waals surface area contributed by atoms with Gasteiger partial charge >= 0.3 is 0 Å². The average molecular weight is 468 g/mol. The van der Waals surface area contributed by atoms with E-state index in [-0.39, 0.29) is 5.91 Å². The summed E-state index contributed by atoms with van der Waals surface area (Å²) < 4.78 is 5.37. The Balaban J connectivity index is 1.55. The first kappa shape index (κ1) is 22.1. The number of nitrogens with one attached hydrogen (secondary N) is 1. The minimum absolute atomic E-state index is 0.232. The second-order valence-electron chi connectivity index (χ2n) is 8.60. The smallest absolute Gasteiger partial charge is 0.257 e. The highest BCUT2D eigenvalue weighted by Gasteiger charge is 2.26. The highest BCUT2D eigenvalue weighted by molar-refractivity contribution is 7.16. The van der Waals surface area contributed by atoms with Crippen molar-refractivity contribution in [3.8, 4) is 23.1 Å². The van der Waals surface area contributed by atoms with E-state index in [9.17, 15) is 10.1 Å². The lowest BCUT2D eigenvalue weighted by Crippen LogP contribution is -2.13. The molecule has 0 saturated carbocycles. The maximum Gasteiger partial charge on any atom is 0.257 e. The lowest BCUT2D eigenvalue weighted by Gasteiger charge is -2.20. The van der Waals surface area contributed by atoms with E-state index in [4.69, 9.17) is 9.72 Å². The zero-order chi connectivity index (χ0) is 23.7. The number of amides is 1. The van der Waals surface area contributed by atoms with Gasteiger partial charge in [0.05, 0.1) is 29.4 Å². The monoisotopic (exact) mass is 467 g/mol. The number of aromatic nitrogens is 1. The molecule has 5 nitrogen and oxygen atoms in total. The van der Waals surface area contributed by atoms with Gasteiger partial charge in [0.1, 0.15) is 16.8 Å². The molecule has 1 unspecified atom stereocenters. The molecule has 1 aliphatic rings. The van der Waals surface area contributed by atoms with Crippen molar-refractivity contribution in [1.29, 1.82) is 5.26 Å². The summed E-state index contributed by atoms with van der Waals surface area (Å²) in [5.74, 6) is 1.15. The second kappa shape index (κ2) is 9.28. The quantitative estimate of drug-likeness (QED) is 0.358. The van der Waals surface area contributed by atoms with E-state index in [1.54, 1.807) is 18.4 Å². The van der Waals surface area contributed by atoms with Gasteiger partial charge in [0.15, 0.2) is 0 Å². The Bertz CT molecular complexity index is 1430. The van der Waals surface area contributed by atoms with Crippen LogP contribution in [0.3, 0.4) is 0 Å². The minimum Gasteiger partial charge on any atom is -0.497 e. The van der Waals surface area contributed by atoms with Gasteiger partial charge < -0.3 is 10.1 Å². The highest BCUT2D eigenvalue weighted by Crippen LogP contribution is 2.40. The number of pyridine rings is 1. The van der Waals surface area contributed by atoms with Crippen LogP contribution in [0, 0.1) is 17.2 Å². The fraction of sp³-hybridized carbons (Fsp3) is 0.250. The Hall–Kier alpha value is -3.69. The van der Waals surface area contributed by atoms with E-state index in [1.165, 1.54) is 4.88 Å². The van der Waals surface area contributed by atoms with E-state index in [0.29, 0.717) is 27.7 Å². The van der Waals surface area contributed by atoms with Gasteiger partial charge in [-0.15, -0.1) is 11.3 Å². The predicted octanol–water partition coefficient (Wildman–Crippen LogP) is 6.61. The lowest BCUT2D eigenvalue weighted by molar-refractivity contribution is 0.102. The van der Waals surface area contributed by atoms with Gasteiger partial charge in [-0.25, -0.2) is 4.98 Å². The van der Waals surface area contributed by atoms with Gasteiger partial charge in [-0.2, -0.15) is 5.26 Å². The molecule has 2 aromatic heterocycles. The van der Waals surface area contributed by atoms with E-state index < -0.39 is 0 Å². The van der Waals surface area contributed by atoms with Crippen LogP contribution in [0.25, 0.3) is 22.2 Å². The van der Waals surface area contributed by atoms with Crippen LogP contribution in [0.5, 0.6) is 5.75 Å². The van der Waals surface area contributed by atoms with Crippen molar-refractivity contribution in [2.45, 2.75) is 32.6 Å². The fourth-order valence-corrected chi connectivity index (χ4v) is 5.98. The molecule has 2 aromatic carbocycles. The Labute approximate surface area is 203 Å². The number of ether oxygens (including phenoxy) is 1. The third-order valence-electron chi connectivity index (χ3n) is 6.61. The molecule has 1 N–H and O–H groups in total. The Morgan fingerprint density at radius 2 is 2.09 bits per heavy atom. The van der Waals surface area contributed by atoms with E-state index in [0.717, 1.165) is 53.5 Å². The number of hydrogen-bond donors (Lipinski definition) is 1. The van der Waals surface area contributed by atoms with Crippen LogP contribution in [-0.4, -0.2) is 18.0 Å². The Morgan fingerprint density at radius 3 is 2.88 bits per heavy atom. The fourth-order valence-electron chi connectivity index (χ4n) is 4.67. The van der Waals surface area contributed by atoms with Crippen LogP contribution in [0.15, 0.2) is 54.6 Å². The molecule has 1 amide bonds. The number of benzene rings is 2. The first-order chi connectivity index (χ1) is 16.6. The summed E-state index contributed by atoms with van der Waals surface area (Å²) in [6, 6.07) is 19.4. The first-order valence-electron chi connectivity index (χ1n) is 11.5. The Morgan fingerprint density at radius 1 is 1.24 bits per heavy atom. The van der Waals surface area contributed by atoms with E-state index in [2.05, 4.69) is 18.3 Å². The maximum absolute atomic E-state index is 13.6. The largest absolute Gasteiger partial charge is 0.497 e. The lowest BCUT2D eigenvalue weighted by atomic mass is 9.86. The summed E-state index contributed by atoms with van der Waals surface area (Å²) >= 11 is 1.55. The Kier molecular flexibility index (Phi) is 6.04. The standard InChI is InChI=1S/C28H25N3O2S/c1-3-17-11-12-21-23(16-29)28(34-26(21)13-17)31-27(32)22-15-25(18-7-6-8-19(14-18)33-2)30-24-10-5-4-9-20(22)24/h4-10,14-15,17H,3,11-13H2,1-2H3,(H,31,32). The molecule has 0 saturated heterocycles. The number of anilines is 1. The summed E-state index contributed by atoms with van der Waals surface area (Å²) in [5.41, 5.74) is 4.57. The van der Waals surface area contributed by atoms with Crippen molar-refractivity contribution < 1.29 is 9.53 Å². The summed E-state index contributed by atoms with van der Waals surface area (Å²) in [7, 11) is 1.63. The molecule has 4 aromatic rings. The molecule has 170 valence electrons. The predicted molar refractivity (Wildman–Crippen MR) is 137 cm³/mol. The van der Waals surface area contributed by atoms with Crippen molar-refractivity contribution >= 4 is 33.1 Å². The number of thiophene rings is 1. The third kappa shape index (κ3) is 4.04. The summed E-state index contributed by atoms with van der Waals surface area (Å²) in [5, 5.41) is 14.4. The molecule has 0 aliphatic heterocycles. The number of carbonyl (C=O) groups is 1. The molecule has 0 fully saturated rings. The zero-order valence-electron chi connectivity index (χ0n) is 19.2. The van der Waals surface area contributed by atoms with Crippen LogP contribution in [0.2, 0.25) is 0 Å². The molecule has 1 aliphatic carbocycles. The van der Waals surface area contributed by atoms with Crippen molar-refractivity contribution in [3.05, 3.63) is 76.2 Å². The van der Waals surface area contributed by atoms with Crippen LogP contribution >= 0.6 is 11.3 Å². The number of carbonyl (C=O) groups excluding carboxylic acids is 1. The number of hydrogen-bond acceptors (Lipinski definition) is 5. The van der Waals surface area contributed by atoms with Crippen LogP contribution in [-0.2, 0) is 12.8 Å². The molecule has 34 heavy (non-hydrogen) atoms. The molecule has 6 heteroatoms. The van der Waals surface area contributed by atoms with E-state index >= 15 is 0 Å². The average Bonchev–Trinajstić information content (AvgIpc) is 3.23. The molecule has 0 radical (unpaired) electrons. The number of para-hydroxylation sites is 1. The SMILES string of the molecule is CCC1CCc2c(sc(NC(=O)c3cc(-c4cccc(OC)c4)nc4ccccc34)c2C#N)C1. The number of rotatable bonds is 5. The molecular weight excluding hydrogens is 442 g/mol. The van der Waals surface area contributed by atoms with Crippen LogP contribution in [0.1, 0.15) is 46.1 Å². The van der Waals surface area contributed by atoms with Crippen molar-refractivity contribution in [2.24, 2.45) is 5.92 Å². The normalized spacial score (nSPS) is 14.9. The van der Waals surface area contributed by atoms with Crippen molar-refractivity contribution in [1.82, 2.24) is 4.98 Å². The van der Waals surface area contributed by atoms with Crippen molar-refractivity contribution in [2.75, 3.05) is 12.4 Å². The molecule has 5 rings (SSSR count). The van der Waals surface area contributed by atoms with Crippen LogP contribution in [0.4, 0.5) is 5.00 Å². The summed E-state index contributed by atoms with van der Waals surface area (Å²) in [4.78, 5) is 19.6. The molecular formula is C28H25N3O2S. The van der Waals surface area contributed by atoms with Crippen molar-refractivity contribution in [3.63, 3.8) is 0 Å². The van der Waals surface area contributed by atoms with Gasteiger partial charge in [-0.1, -0.05) is 43.7 Å². The molecule has 0 spiro atoms. The highest BCUT2D eigenvalue weighted by atomic mass is 32.1. The van der Waals surface area contributed by atoms with Crippen LogP contribution < -0.4 is 10.1 Å². The zero-order valence-corrected chi connectivity index (χ0v) is 20.0. The third-order valence-corrected chi connectivity index (χ3v) is 7.78. The minimum atomic E-state index is -0.232. The number of fused-ring (bicyclic) bond motifs is 2. The summed E-state index contributed by atoms with van der Waals surface area (Å²) in [6.45, 7) is 2.21. The van der Waals surface area contributed by atoms with Gasteiger partial charge in [-0.3, -0.25) is 4.79 Å². The molecule has 2 heterocycles. The van der Waals surface area contributed by atoms with Gasteiger partial charge in [0, 0.05) is 15.8 Å². The second-order valence-corrected chi connectivity index (χ2v) is 9.70. The van der Waals surface area contributed by atoms with Gasteiger partial charge in [0.25, 0.3) is 5.91 Å². The number of nitriles is 1. The summed E-state index contributed by atoms with van der Waals surface area (Å²) in [6.07, 6.45) is 4.12. The number of nitrogens with zero attached hydrogens (tertiary/aromatic N) is 2. The first-order valence-corrected chi connectivity index (χ1v) is 12.3. The molecule has 0 bridgehead atoms. The maximum atomic E-state index is 13.6. The van der Waals surface area contributed by atoms with Gasteiger partial charge in [0.2, 0.25) is 0 Å². The topological polar surface area (TPSA) is 75.0 Å². The number of methoxy groups -OCH3 is 1. The van der Waals surface area contributed by atoms with E-state index in [1.807, 2.05) is 54.6 Å².